The van der Waals surface area contributed by atoms with Crippen LogP contribution in [0.4, 0.5) is 37.3 Å². The Kier molecular flexibility index (Phi) is 7.09. The Bertz CT molecular complexity index is 1820. The number of benzene rings is 2. The minimum atomic E-state index is -5.04. The second kappa shape index (κ2) is 10.6. The molecule has 3 atom stereocenters. The van der Waals surface area contributed by atoms with Crippen LogP contribution in [0.25, 0.3) is 32.2 Å². The minimum Gasteiger partial charge on any atom is -0.461 e. The largest absolute Gasteiger partial charge is 0.461 e. The van der Waals surface area contributed by atoms with E-state index < -0.39 is 51.8 Å². The van der Waals surface area contributed by atoms with E-state index in [1.54, 1.807) is 11.8 Å². The Morgan fingerprint density at radius 2 is 1.89 bits per heavy atom. The zero-order chi connectivity index (χ0) is 31.9. The molecule has 3 N–H and O–H groups in total. The van der Waals surface area contributed by atoms with Gasteiger partial charge in [-0.3, -0.25) is 4.90 Å². The summed E-state index contributed by atoms with van der Waals surface area (Å²) in [5.74, 6) is -2.09. The van der Waals surface area contributed by atoms with Crippen LogP contribution in [0.1, 0.15) is 44.6 Å². The van der Waals surface area contributed by atoms with E-state index in [1.165, 1.54) is 0 Å². The van der Waals surface area contributed by atoms with Crippen molar-refractivity contribution in [1.29, 1.82) is 0 Å². The maximum absolute atomic E-state index is 16.7. The lowest BCUT2D eigenvalue weighted by molar-refractivity contribution is -0.137. The van der Waals surface area contributed by atoms with Crippen LogP contribution < -0.4 is 15.4 Å². The molecule has 3 aliphatic heterocycles. The molecule has 0 saturated carbocycles. The monoisotopic (exact) mass is 652 g/mol. The van der Waals surface area contributed by atoms with Crippen LogP contribution in [0.15, 0.2) is 18.2 Å². The lowest BCUT2D eigenvalue weighted by Gasteiger charge is -2.38. The second-order valence-corrected chi connectivity index (χ2v) is 13.6. The number of hydrogen-bond donors (Lipinski definition) is 2. The first-order chi connectivity index (χ1) is 21.2. The number of halogens is 6. The van der Waals surface area contributed by atoms with Gasteiger partial charge in [0.05, 0.1) is 26.9 Å². The smallest absolute Gasteiger partial charge is 0.417 e. The van der Waals surface area contributed by atoms with Crippen LogP contribution in [0.2, 0.25) is 0 Å². The Labute approximate surface area is 257 Å². The van der Waals surface area contributed by atoms with Crippen molar-refractivity contribution in [3.05, 3.63) is 35.4 Å². The standard InChI is InChI=1S/C30H30F6N6O2S/c1-28(43)6-2-8-41(13-28)25-17-10-18(30(34,35)36)20(16-4-5-19(32)24-23(16)38-26(37)45-24)21(33)22(17)39-27(40-25)44-14-29-7-3-9-42(29)12-15(31)11-29/h4-5,10,15,43H,2-3,6-9,11-14H2,1H3,(H2,37,38)/t15-,28-,29+/m1/s1. The third kappa shape index (κ3) is 5.22. The summed E-state index contributed by atoms with van der Waals surface area (Å²) in [6, 6.07) is 2.49. The number of rotatable bonds is 5. The van der Waals surface area contributed by atoms with Crippen molar-refractivity contribution in [2.45, 2.75) is 62.5 Å². The lowest BCUT2D eigenvalue weighted by atomic mass is 9.93. The Morgan fingerprint density at radius 1 is 1.11 bits per heavy atom. The fourth-order valence-corrected chi connectivity index (χ4v) is 7.99. The van der Waals surface area contributed by atoms with Crippen LogP contribution >= 0.6 is 11.3 Å². The molecule has 4 aromatic rings. The molecule has 0 aliphatic carbocycles. The second-order valence-electron chi connectivity index (χ2n) is 12.5. The zero-order valence-corrected chi connectivity index (χ0v) is 25.0. The van der Waals surface area contributed by atoms with Gasteiger partial charge in [-0.15, -0.1) is 0 Å². The van der Waals surface area contributed by atoms with Crippen LogP contribution in [-0.2, 0) is 6.18 Å². The van der Waals surface area contributed by atoms with Gasteiger partial charge < -0.3 is 20.5 Å². The van der Waals surface area contributed by atoms with Gasteiger partial charge in [-0.25, -0.2) is 18.2 Å². The summed E-state index contributed by atoms with van der Waals surface area (Å²) in [6.45, 7) is 2.98. The Balaban J connectivity index is 1.43. The molecular weight excluding hydrogens is 622 g/mol. The summed E-state index contributed by atoms with van der Waals surface area (Å²) in [5.41, 5.74) is 0.883. The van der Waals surface area contributed by atoms with Gasteiger partial charge in [-0.2, -0.15) is 23.1 Å². The number of thiazole rings is 1. The van der Waals surface area contributed by atoms with Gasteiger partial charge in [0.1, 0.15) is 29.9 Å². The number of anilines is 2. The van der Waals surface area contributed by atoms with Gasteiger partial charge in [-0.05, 0) is 57.4 Å². The lowest BCUT2D eigenvalue weighted by Crippen LogP contribution is -2.46. The third-order valence-electron chi connectivity index (χ3n) is 9.18. The topological polar surface area (TPSA) is 101 Å². The number of ether oxygens (including phenoxy) is 1. The number of alkyl halides is 4. The number of nitrogens with two attached hydrogens (primary N) is 1. The molecule has 0 bridgehead atoms. The number of piperidine rings is 1. The molecule has 15 heteroatoms. The molecule has 45 heavy (non-hydrogen) atoms. The summed E-state index contributed by atoms with van der Waals surface area (Å²) in [7, 11) is 0. The number of aliphatic hydroxyl groups is 1. The molecule has 0 amide bonds. The molecule has 0 unspecified atom stereocenters. The maximum atomic E-state index is 16.7. The average molecular weight is 653 g/mol. The van der Waals surface area contributed by atoms with E-state index in [4.69, 9.17) is 10.5 Å². The molecule has 0 radical (unpaired) electrons. The van der Waals surface area contributed by atoms with E-state index >= 15 is 4.39 Å². The SMILES string of the molecule is C[C@@]1(O)CCCN(c2nc(OC[C@@]34CCCN3C[C@H](F)C4)nc3c(F)c(-c4ccc(F)c5sc(N)nc45)c(C(F)(F)F)cc23)C1. The van der Waals surface area contributed by atoms with Crippen molar-refractivity contribution in [2.75, 3.05) is 43.4 Å². The zero-order valence-electron chi connectivity index (χ0n) is 24.2. The summed E-state index contributed by atoms with van der Waals surface area (Å²) in [4.78, 5) is 16.4. The van der Waals surface area contributed by atoms with Gasteiger partial charge in [-0.1, -0.05) is 11.3 Å². The summed E-state index contributed by atoms with van der Waals surface area (Å²) in [5, 5.41) is 10.5. The fraction of sp³-hybridized carbons (Fsp3) is 0.500. The number of hydrogen-bond acceptors (Lipinski definition) is 9. The number of fused-ring (bicyclic) bond motifs is 3. The molecule has 240 valence electrons. The van der Waals surface area contributed by atoms with Crippen molar-refractivity contribution in [1.82, 2.24) is 19.9 Å². The Hall–Kier alpha value is -3.43. The van der Waals surface area contributed by atoms with Crippen molar-refractivity contribution >= 4 is 43.4 Å². The predicted molar refractivity (Wildman–Crippen MR) is 158 cm³/mol. The van der Waals surface area contributed by atoms with E-state index in [9.17, 15) is 27.1 Å². The molecule has 8 nitrogen and oxygen atoms in total. The summed E-state index contributed by atoms with van der Waals surface area (Å²) in [6.07, 6.45) is -3.29. The first-order valence-electron chi connectivity index (χ1n) is 14.7. The molecule has 0 spiro atoms. The molecule has 3 aliphatic rings. The van der Waals surface area contributed by atoms with Gasteiger partial charge in [0.2, 0.25) is 0 Å². The number of β-amino-alcohol motifs (C(OH)–C–C–N with tert-alkyl or cyclic N) is 1. The van der Waals surface area contributed by atoms with Gasteiger partial charge >= 0.3 is 12.2 Å². The molecular formula is C30H30F6N6O2S. The van der Waals surface area contributed by atoms with Crippen molar-refractivity contribution in [3.63, 3.8) is 0 Å². The average Bonchev–Trinajstić information content (AvgIpc) is 3.63. The van der Waals surface area contributed by atoms with Gasteiger partial charge in [0, 0.05) is 42.6 Å². The molecule has 3 fully saturated rings. The first kappa shape index (κ1) is 30.2. The molecule has 3 saturated heterocycles. The highest BCUT2D eigenvalue weighted by atomic mass is 32.1. The predicted octanol–water partition coefficient (Wildman–Crippen LogP) is 6.09. The fourth-order valence-electron chi connectivity index (χ4n) is 7.23. The van der Waals surface area contributed by atoms with E-state index in [1.807, 2.05) is 4.90 Å². The summed E-state index contributed by atoms with van der Waals surface area (Å²) < 4.78 is 95.8. The van der Waals surface area contributed by atoms with Crippen molar-refractivity contribution in [3.8, 4) is 17.1 Å². The van der Waals surface area contributed by atoms with Crippen molar-refractivity contribution < 1.29 is 36.2 Å². The highest BCUT2D eigenvalue weighted by molar-refractivity contribution is 7.22. The third-order valence-corrected chi connectivity index (χ3v) is 10.1. The van der Waals surface area contributed by atoms with E-state index in [-0.39, 0.29) is 64.2 Å². The van der Waals surface area contributed by atoms with Gasteiger partial charge in [0.15, 0.2) is 10.9 Å². The highest BCUT2D eigenvalue weighted by Crippen LogP contribution is 2.47. The molecule has 2 aromatic carbocycles. The summed E-state index contributed by atoms with van der Waals surface area (Å²) >= 11 is 0.741. The maximum Gasteiger partial charge on any atom is 0.417 e. The molecule has 7 rings (SSSR count). The van der Waals surface area contributed by atoms with Crippen LogP contribution in [0, 0.1) is 11.6 Å². The first-order valence-corrected chi connectivity index (χ1v) is 15.5. The van der Waals surface area contributed by atoms with Crippen LogP contribution in [0.5, 0.6) is 6.01 Å². The number of nitrogen functional groups attached to an aromatic ring is 1. The Morgan fingerprint density at radius 3 is 2.64 bits per heavy atom. The normalized spacial score (nSPS) is 25.9. The van der Waals surface area contributed by atoms with Gasteiger partial charge in [0.25, 0.3) is 0 Å². The van der Waals surface area contributed by atoms with E-state index in [0.29, 0.717) is 32.4 Å². The quantitative estimate of drug-likeness (QED) is 0.250. The van der Waals surface area contributed by atoms with Crippen molar-refractivity contribution in [2.24, 2.45) is 0 Å². The highest BCUT2D eigenvalue weighted by Gasteiger charge is 2.49. The molecule has 5 heterocycles. The number of aromatic nitrogens is 3. The van der Waals surface area contributed by atoms with Crippen LogP contribution in [0.3, 0.4) is 0 Å². The van der Waals surface area contributed by atoms with E-state index in [2.05, 4.69) is 15.0 Å². The molecule has 2 aromatic heterocycles. The van der Waals surface area contributed by atoms with E-state index in [0.717, 1.165) is 36.0 Å². The number of nitrogens with zero attached hydrogens (tertiary/aromatic N) is 5. The minimum absolute atomic E-state index is 0.0158. The van der Waals surface area contributed by atoms with Crippen LogP contribution in [-0.4, -0.2) is 75.1 Å².